The fourth-order valence-corrected chi connectivity index (χ4v) is 4.23. The molecule has 0 aliphatic carbocycles. The molecule has 0 aliphatic heterocycles. The average molecular weight is 486 g/mol. The molecule has 0 radical (unpaired) electrons. The van der Waals surface area contributed by atoms with Crippen LogP contribution in [0.5, 0.6) is 0 Å². The summed E-state index contributed by atoms with van der Waals surface area (Å²) in [7, 11) is 0.669. The number of sulfonamides is 1. The van der Waals surface area contributed by atoms with Crippen LogP contribution in [-0.2, 0) is 37.4 Å². The lowest BCUT2D eigenvalue weighted by atomic mass is 10.1. The van der Waals surface area contributed by atoms with Gasteiger partial charge in [-0.25, -0.2) is 27.3 Å². The summed E-state index contributed by atoms with van der Waals surface area (Å²) in [6.07, 6.45) is 3.70. The Morgan fingerprint density at radius 2 is 1.82 bits per heavy atom. The zero-order chi connectivity index (χ0) is 24.9. The van der Waals surface area contributed by atoms with E-state index in [0.717, 1.165) is 21.8 Å². The van der Waals surface area contributed by atoms with Gasteiger partial charge in [0.05, 0.1) is 28.6 Å². The largest absolute Gasteiger partial charge is 0.465 e. The predicted molar refractivity (Wildman–Crippen MR) is 128 cm³/mol. The molecular weight excluding hydrogens is 458 g/mol. The zero-order valence-electron chi connectivity index (χ0n) is 19.5. The van der Waals surface area contributed by atoms with Gasteiger partial charge in [-0.1, -0.05) is 19.1 Å². The van der Waals surface area contributed by atoms with E-state index in [1.807, 2.05) is 11.5 Å². The number of carbonyl (C=O) groups excluding carboxylic acids is 2. The molecule has 180 valence electrons. The van der Waals surface area contributed by atoms with Crippen LogP contribution in [0.2, 0.25) is 0 Å². The minimum absolute atomic E-state index is 0.0606. The predicted octanol–water partition coefficient (Wildman–Crippen LogP) is 3.24. The molecule has 2 aromatic carbocycles. The first-order chi connectivity index (χ1) is 16.2. The van der Waals surface area contributed by atoms with Crippen molar-refractivity contribution in [1.29, 1.82) is 0 Å². The molecule has 34 heavy (non-hydrogen) atoms. The Balaban J connectivity index is 1.75. The average Bonchev–Trinajstić information content (AvgIpc) is 3.18. The van der Waals surface area contributed by atoms with Crippen LogP contribution in [0.4, 0.5) is 0 Å². The van der Waals surface area contributed by atoms with E-state index in [-0.39, 0.29) is 11.5 Å². The van der Waals surface area contributed by atoms with E-state index < -0.39 is 22.0 Å². The van der Waals surface area contributed by atoms with Crippen LogP contribution in [0.15, 0.2) is 53.4 Å². The quantitative estimate of drug-likeness (QED) is 0.338. The number of aromatic nitrogens is 2. The van der Waals surface area contributed by atoms with Crippen molar-refractivity contribution in [2.24, 2.45) is 0 Å². The van der Waals surface area contributed by atoms with Crippen LogP contribution in [0.3, 0.4) is 0 Å². The molecule has 0 N–H and O–H groups in total. The molecule has 9 nitrogen and oxygen atoms in total. The van der Waals surface area contributed by atoms with Crippen molar-refractivity contribution in [2.75, 3.05) is 21.2 Å². The van der Waals surface area contributed by atoms with Gasteiger partial charge in [-0.15, -0.1) is 0 Å². The van der Waals surface area contributed by atoms with Gasteiger partial charge in [0, 0.05) is 26.7 Å². The standard InChI is InChI=1S/C24H27N3O6S/c1-5-14-27-21-12-11-19(34(30,31)26(2)3)15-20(21)25-22(27)16-33-23(28)13-8-17-6-9-18(10-7-17)24(29)32-4/h6-13,15H,5,14,16H2,1-4H3/b13-8+. The van der Waals surface area contributed by atoms with Crippen molar-refractivity contribution in [3.63, 3.8) is 0 Å². The maximum Gasteiger partial charge on any atom is 0.337 e. The summed E-state index contributed by atoms with van der Waals surface area (Å²) in [5.74, 6) is -0.459. The summed E-state index contributed by atoms with van der Waals surface area (Å²) >= 11 is 0. The van der Waals surface area contributed by atoms with Crippen LogP contribution in [0.25, 0.3) is 17.1 Å². The number of methoxy groups -OCH3 is 1. The highest BCUT2D eigenvalue weighted by molar-refractivity contribution is 7.89. The number of fused-ring (bicyclic) bond motifs is 1. The molecule has 0 atom stereocenters. The Morgan fingerprint density at radius 1 is 1.12 bits per heavy atom. The highest BCUT2D eigenvalue weighted by Gasteiger charge is 2.20. The van der Waals surface area contributed by atoms with Gasteiger partial charge in [0.15, 0.2) is 0 Å². The van der Waals surface area contributed by atoms with E-state index in [4.69, 9.17) is 4.74 Å². The van der Waals surface area contributed by atoms with Crippen molar-refractivity contribution in [3.8, 4) is 0 Å². The smallest absolute Gasteiger partial charge is 0.337 e. The maximum absolute atomic E-state index is 12.5. The van der Waals surface area contributed by atoms with Crippen LogP contribution < -0.4 is 0 Å². The lowest BCUT2D eigenvalue weighted by Crippen LogP contribution is -2.22. The number of imidazole rings is 1. The van der Waals surface area contributed by atoms with E-state index in [2.05, 4.69) is 9.72 Å². The monoisotopic (exact) mass is 485 g/mol. The molecule has 0 saturated heterocycles. The van der Waals surface area contributed by atoms with Crippen LogP contribution in [-0.4, -0.2) is 55.4 Å². The molecule has 1 heterocycles. The van der Waals surface area contributed by atoms with Gasteiger partial charge in [0.2, 0.25) is 10.0 Å². The Bertz CT molecular complexity index is 1320. The molecule has 0 fully saturated rings. The maximum atomic E-state index is 12.5. The van der Waals surface area contributed by atoms with Gasteiger partial charge in [0.1, 0.15) is 12.4 Å². The molecule has 0 amide bonds. The van der Waals surface area contributed by atoms with Crippen molar-refractivity contribution >= 4 is 39.1 Å². The van der Waals surface area contributed by atoms with Crippen molar-refractivity contribution in [2.45, 2.75) is 31.4 Å². The van der Waals surface area contributed by atoms with Gasteiger partial charge in [-0.3, -0.25) is 0 Å². The number of esters is 2. The summed E-state index contributed by atoms with van der Waals surface area (Å²) in [4.78, 5) is 28.4. The van der Waals surface area contributed by atoms with Gasteiger partial charge in [-0.05, 0) is 48.4 Å². The Labute approximate surface area is 198 Å². The van der Waals surface area contributed by atoms with Crippen LogP contribution >= 0.6 is 0 Å². The highest BCUT2D eigenvalue weighted by Crippen LogP contribution is 2.23. The first kappa shape index (κ1) is 25.1. The number of aryl methyl sites for hydroxylation is 1. The fraction of sp³-hybridized carbons (Fsp3) is 0.292. The number of carbonyl (C=O) groups is 2. The summed E-state index contributed by atoms with van der Waals surface area (Å²) in [6, 6.07) is 11.4. The summed E-state index contributed by atoms with van der Waals surface area (Å²) in [5, 5.41) is 0. The zero-order valence-corrected chi connectivity index (χ0v) is 20.3. The van der Waals surface area contributed by atoms with E-state index in [1.54, 1.807) is 42.5 Å². The second-order valence-electron chi connectivity index (χ2n) is 7.67. The first-order valence-corrected chi connectivity index (χ1v) is 12.1. The molecule has 0 spiro atoms. The van der Waals surface area contributed by atoms with E-state index >= 15 is 0 Å². The normalized spacial score (nSPS) is 11.9. The highest BCUT2D eigenvalue weighted by atomic mass is 32.2. The number of hydrogen-bond donors (Lipinski definition) is 0. The molecule has 0 unspecified atom stereocenters. The molecule has 10 heteroatoms. The Kier molecular flexibility index (Phi) is 7.85. The number of ether oxygens (including phenoxy) is 2. The van der Waals surface area contributed by atoms with Gasteiger partial charge >= 0.3 is 11.9 Å². The molecule has 0 bridgehead atoms. The topological polar surface area (TPSA) is 108 Å². The van der Waals surface area contributed by atoms with E-state index in [9.17, 15) is 18.0 Å². The molecular formula is C24H27N3O6S. The van der Waals surface area contributed by atoms with E-state index in [1.165, 1.54) is 33.3 Å². The minimum atomic E-state index is -3.59. The molecule has 3 rings (SSSR count). The van der Waals surface area contributed by atoms with Gasteiger partial charge < -0.3 is 14.0 Å². The van der Waals surface area contributed by atoms with Crippen molar-refractivity contribution < 1.29 is 27.5 Å². The lowest BCUT2D eigenvalue weighted by molar-refractivity contribution is -0.139. The summed E-state index contributed by atoms with van der Waals surface area (Å²) in [6.45, 7) is 2.60. The molecule has 3 aromatic rings. The Hall–Kier alpha value is -3.50. The second kappa shape index (κ2) is 10.6. The Morgan fingerprint density at radius 3 is 2.44 bits per heavy atom. The molecule has 1 aromatic heterocycles. The summed E-state index contributed by atoms with van der Waals surface area (Å²) in [5.41, 5.74) is 2.42. The number of rotatable bonds is 9. The minimum Gasteiger partial charge on any atom is -0.465 e. The van der Waals surface area contributed by atoms with E-state index in [0.29, 0.717) is 23.4 Å². The fourth-order valence-electron chi connectivity index (χ4n) is 3.31. The number of benzene rings is 2. The number of hydrogen-bond acceptors (Lipinski definition) is 7. The number of nitrogens with zero attached hydrogens (tertiary/aromatic N) is 3. The van der Waals surface area contributed by atoms with Crippen LogP contribution in [0.1, 0.15) is 35.1 Å². The first-order valence-electron chi connectivity index (χ1n) is 10.6. The third-order valence-corrected chi connectivity index (χ3v) is 6.92. The van der Waals surface area contributed by atoms with Crippen LogP contribution in [0, 0.1) is 0 Å². The molecule has 0 aliphatic rings. The van der Waals surface area contributed by atoms with Gasteiger partial charge in [-0.2, -0.15) is 0 Å². The van der Waals surface area contributed by atoms with Crippen molar-refractivity contribution in [1.82, 2.24) is 13.9 Å². The third-order valence-electron chi connectivity index (χ3n) is 5.11. The lowest BCUT2D eigenvalue weighted by Gasteiger charge is -2.11. The molecule has 0 saturated carbocycles. The van der Waals surface area contributed by atoms with Gasteiger partial charge in [0.25, 0.3) is 0 Å². The SMILES string of the molecule is CCCn1c(COC(=O)/C=C/c2ccc(C(=O)OC)cc2)nc2cc(S(=O)(=O)N(C)C)ccc21. The second-order valence-corrected chi connectivity index (χ2v) is 9.82. The third kappa shape index (κ3) is 5.52. The van der Waals surface area contributed by atoms with Crippen molar-refractivity contribution in [3.05, 3.63) is 65.5 Å². The summed E-state index contributed by atoms with van der Waals surface area (Å²) < 4.78 is 38.0.